The smallest absolute Gasteiger partial charge is 0.258 e. The minimum atomic E-state index is -0.571. The first-order chi connectivity index (χ1) is 9.27. The van der Waals surface area contributed by atoms with Gasteiger partial charge >= 0.3 is 0 Å². The molecule has 0 radical (unpaired) electrons. The molecule has 1 N–H and O–H groups in total. The number of hydrogen-bond donors (Lipinski definition) is 1. The van der Waals surface area contributed by atoms with E-state index in [9.17, 15) is 9.18 Å². The second-order valence-electron chi connectivity index (χ2n) is 5.41. The van der Waals surface area contributed by atoms with Crippen molar-refractivity contribution in [2.75, 3.05) is 5.32 Å². The molecule has 0 saturated heterocycles. The molecule has 2 rings (SSSR count). The third-order valence-corrected chi connectivity index (χ3v) is 2.99. The lowest BCUT2D eigenvalue weighted by Gasteiger charge is -2.12. The lowest BCUT2D eigenvalue weighted by molar-refractivity contribution is 0.102. The molecule has 2 aromatic rings. The Labute approximate surface area is 120 Å². The lowest BCUT2D eigenvalue weighted by atomic mass is 9.92. The zero-order valence-electron chi connectivity index (χ0n) is 11.3. The van der Waals surface area contributed by atoms with Crippen molar-refractivity contribution in [2.24, 2.45) is 0 Å². The fourth-order valence-electron chi connectivity index (χ4n) is 1.51. The van der Waals surface area contributed by atoms with Gasteiger partial charge in [0.2, 0.25) is 5.88 Å². The van der Waals surface area contributed by atoms with Crippen molar-refractivity contribution in [3.8, 4) is 0 Å². The van der Waals surface area contributed by atoms with E-state index in [4.69, 9.17) is 16.1 Å². The van der Waals surface area contributed by atoms with Gasteiger partial charge in [0.15, 0.2) is 0 Å². The molecule has 0 saturated carbocycles. The quantitative estimate of drug-likeness (QED) is 0.910. The molecule has 1 heterocycles. The first kappa shape index (κ1) is 14.5. The highest BCUT2D eigenvalue weighted by molar-refractivity contribution is 6.31. The van der Waals surface area contributed by atoms with Crippen LogP contribution < -0.4 is 5.32 Å². The van der Waals surface area contributed by atoms with Crippen LogP contribution in [0, 0.1) is 5.82 Å². The molecule has 106 valence electrons. The summed E-state index contributed by atoms with van der Waals surface area (Å²) < 4.78 is 18.1. The number of carbonyl (C=O) groups is 1. The summed E-state index contributed by atoms with van der Waals surface area (Å²) in [6, 6.07) is 5.39. The van der Waals surface area contributed by atoms with E-state index < -0.39 is 11.7 Å². The van der Waals surface area contributed by atoms with Gasteiger partial charge in [-0.05, 0) is 18.2 Å². The van der Waals surface area contributed by atoms with Crippen LogP contribution in [0.15, 0.2) is 28.8 Å². The summed E-state index contributed by atoms with van der Waals surface area (Å²) in [5, 5.41) is 6.33. The van der Waals surface area contributed by atoms with E-state index in [1.165, 1.54) is 12.1 Å². The van der Waals surface area contributed by atoms with Crippen LogP contribution in [0.25, 0.3) is 0 Å². The molecule has 4 nitrogen and oxygen atoms in total. The molecule has 0 aliphatic heterocycles. The van der Waals surface area contributed by atoms with Crippen LogP contribution in [0.2, 0.25) is 5.02 Å². The number of rotatable bonds is 2. The zero-order valence-corrected chi connectivity index (χ0v) is 12.1. The molecular formula is C14H14ClFN2O2. The molecule has 0 atom stereocenters. The largest absolute Gasteiger partial charge is 0.338 e. The highest BCUT2D eigenvalue weighted by Gasteiger charge is 2.20. The number of anilines is 1. The van der Waals surface area contributed by atoms with E-state index in [0.717, 1.165) is 11.8 Å². The number of nitrogens with one attached hydrogen (secondary N) is 1. The summed E-state index contributed by atoms with van der Waals surface area (Å²) in [4.78, 5) is 12.0. The third kappa shape index (κ3) is 3.17. The van der Waals surface area contributed by atoms with Crippen molar-refractivity contribution in [2.45, 2.75) is 26.2 Å². The fraction of sp³-hybridized carbons (Fsp3) is 0.286. The lowest BCUT2D eigenvalue weighted by Crippen LogP contribution is -2.12. The topological polar surface area (TPSA) is 55.1 Å². The average molecular weight is 297 g/mol. The van der Waals surface area contributed by atoms with Crippen LogP contribution in [0.1, 0.15) is 36.8 Å². The van der Waals surface area contributed by atoms with Gasteiger partial charge in [-0.25, -0.2) is 4.39 Å². The molecule has 0 bridgehead atoms. The summed E-state index contributed by atoms with van der Waals surface area (Å²) in [5.74, 6) is -0.776. The molecule has 1 aromatic carbocycles. The van der Waals surface area contributed by atoms with Crippen molar-refractivity contribution in [3.63, 3.8) is 0 Å². The van der Waals surface area contributed by atoms with Gasteiger partial charge < -0.3 is 4.52 Å². The maximum absolute atomic E-state index is 13.0. The average Bonchev–Trinajstić information content (AvgIpc) is 2.81. The Hall–Kier alpha value is -1.88. The Kier molecular flexibility index (Phi) is 3.81. The van der Waals surface area contributed by atoms with E-state index >= 15 is 0 Å². The predicted molar refractivity (Wildman–Crippen MR) is 74.6 cm³/mol. The van der Waals surface area contributed by atoms with Crippen LogP contribution in [-0.2, 0) is 5.41 Å². The Balaban J connectivity index is 2.15. The monoisotopic (exact) mass is 296 g/mol. The fourth-order valence-corrected chi connectivity index (χ4v) is 1.69. The maximum Gasteiger partial charge on any atom is 0.258 e. The van der Waals surface area contributed by atoms with Crippen LogP contribution in [0.3, 0.4) is 0 Å². The van der Waals surface area contributed by atoms with Crippen molar-refractivity contribution in [1.29, 1.82) is 0 Å². The van der Waals surface area contributed by atoms with Gasteiger partial charge in [0, 0.05) is 17.0 Å². The minimum absolute atomic E-state index is 0.106. The SMILES string of the molecule is CC(C)(C)c1cc(NC(=O)c2ccc(F)c(Cl)c2)on1. The molecule has 0 unspecified atom stereocenters. The van der Waals surface area contributed by atoms with Crippen molar-refractivity contribution in [1.82, 2.24) is 5.16 Å². The second kappa shape index (κ2) is 5.25. The normalized spacial score (nSPS) is 11.4. The van der Waals surface area contributed by atoms with Crippen molar-refractivity contribution in [3.05, 3.63) is 46.4 Å². The van der Waals surface area contributed by atoms with E-state index in [2.05, 4.69) is 10.5 Å². The Bertz CT molecular complexity index is 647. The number of aromatic nitrogens is 1. The molecule has 0 aliphatic rings. The van der Waals surface area contributed by atoms with E-state index in [1.54, 1.807) is 6.07 Å². The summed E-state index contributed by atoms with van der Waals surface area (Å²) >= 11 is 5.63. The third-order valence-electron chi connectivity index (χ3n) is 2.70. The molecular weight excluding hydrogens is 283 g/mol. The van der Waals surface area contributed by atoms with Crippen LogP contribution >= 0.6 is 11.6 Å². The summed E-state index contributed by atoms with van der Waals surface area (Å²) in [6.45, 7) is 5.95. The molecule has 0 spiro atoms. The van der Waals surface area contributed by atoms with Gasteiger partial charge in [0.05, 0.1) is 10.7 Å². The standard InChI is InChI=1S/C14H14ClFN2O2/c1-14(2,3)11-7-12(20-18-11)17-13(19)8-4-5-10(16)9(15)6-8/h4-7H,1-3H3,(H,17,19). The Morgan fingerprint density at radius 3 is 2.60 bits per heavy atom. The van der Waals surface area contributed by atoms with Gasteiger partial charge in [-0.1, -0.05) is 37.5 Å². The predicted octanol–water partition coefficient (Wildman–Crippen LogP) is 4.02. The van der Waals surface area contributed by atoms with Crippen molar-refractivity contribution < 1.29 is 13.7 Å². The summed E-state index contributed by atoms with van der Waals surface area (Å²) in [6.07, 6.45) is 0. The maximum atomic E-state index is 13.0. The highest BCUT2D eigenvalue weighted by Crippen LogP contribution is 2.24. The molecule has 1 amide bonds. The zero-order chi connectivity index (χ0) is 14.9. The number of halogens is 2. The summed E-state index contributed by atoms with van der Waals surface area (Å²) in [7, 11) is 0. The second-order valence-corrected chi connectivity index (χ2v) is 5.82. The number of amides is 1. The first-order valence-electron chi connectivity index (χ1n) is 6.01. The molecule has 0 aliphatic carbocycles. The van der Waals surface area contributed by atoms with Gasteiger partial charge in [-0.15, -0.1) is 0 Å². The minimum Gasteiger partial charge on any atom is -0.338 e. The van der Waals surface area contributed by atoms with Gasteiger partial charge in [-0.3, -0.25) is 10.1 Å². The Morgan fingerprint density at radius 2 is 2.05 bits per heavy atom. The van der Waals surface area contributed by atoms with Gasteiger partial charge in [-0.2, -0.15) is 0 Å². The van der Waals surface area contributed by atoms with Gasteiger partial charge in [0.25, 0.3) is 5.91 Å². The van der Waals surface area contributed by atoms with Crippen LogP contribution in [-0.4, -0.2) is 11.1 Å². The molecule has 1 aromatic heterocycles. The number of benzene rings is 1. The molecule has 6 heteroatoms. The van der Waals surface area contributed by atoms with Crippen LogP contribution in [0.5, 0.6) is 0 Å². The molecule has 0 fully saturated rings. The number of nitrogens with zero attached hydrogens (tertiary/aromatic N) is 1. The van der Waals surface area contributed by atoms with E-state index in [-0.39, 0.29) is 21.9 Å². The van der Waals surface area contributed by atoms with Gasteiger partial charge in [0.1, 0.15) is 5.82 Å². The van der Waals surface area contributed by atoms with E-state index in [0.29, 0.717) is 0 Å². The first-order valence-corrected chi connectivity index (χ1v) is 6.39. The van der Waals surface area contributed by atoms with E-state index in [1.807, 2.05) is 20.8 Å². The number of carbonyl (C=O) groups excluding carboxylic acids is 1. The highest BCUT2D eigenvalue weighted by atomic mass is 35.5. The number of hydrogen-bond acceptors (Lipinski definition) is 3. The molecule has 20 heavy (non-hydrogen) atoms. The summed E-state index contributed by atoms with van der Waals surface area (Å²) in [5.41, 5.74) is 0.793. The Morgan fingerprint density at radius 1 is 1.35 bits per heavy atom. The van der Waals surface area contributed by atoms with Crippen LogP contribution in [0.4, 0.5) is 10.3 Å². The van der Waals surface area contributed by atoms with Crippen molar-refractivity contribution >= 4 is 23.4 Å².